The lowest BCUT2D eigenvalue weighted by Gasteiger charge is -2.17. The molecule has 2 aliphatic heterocycles. The third kappa shape index (κ3) is 3.20. The molecule has 2 fully saturated rings. The van der Waals surface area contributed by atoms with E-state index in [1.165, 1.54) is 5.01 Å². The number of aromatic nitrogens is 3. The summed E-state index contributed by atoms with van der Waals surface area (Å²) in [5.74, 6) is 6.37. The molecule has 2 aromatic heterocycles. The maximum absolute atomic E-state index is 9.79. The Hall–Kier alpha value is -1.69. The van der Waals surface area contributed by atoms with Crippen molar-refractivity contribution in [1.82, 2.24) is 15.0 Å². The minimum absolute atomic E-state index is 0.240. The van der Waals surface area contributed by atoms with Crippen LogP contribution in [0.25, 0.3) is 11.2 Å². The highest BCUT2D eigenvalue weighted by Gasteiger charge is 2.48. The van der Waals surface area contributed by atoms with E-state index >= 15 is 0 Å². The van der Waals surface area contributed by atoms with Crippen LogP contribution in [0.2, 0.25) is 5.02 Å². The van der Waals surface area contributed by atoms with Crippen molar-refractivity contribution >= 4 is 28.6 Å². The van der Waals surface area contributed by atoms with E-state index in [1.807, 2.05) is 0 Å². The molecule has 4 atom stereocenters. The lowest BCUT2D eigenvalue weighted by molar-refractivity contribution is 0.00706. The molecular weight excluding hydrogens is 366 g/mol. The van der Waals surface area contributed by atoms with Gasteiger partial charge in [-0.15, -0.1) is 0 Å². The van der Waals surface area contributed by atoms with Crippen LogP contribution in [-0.4, -0.2) is 77.9 Å². The smallest absolute Gasteiger partial charge is 0.296 e. The van der Waals surface area contributed by atoms with Gasteiger partial charge in [0, 0.05) is 7.11 Å². The second kappa shape index (κ2) is 7.14. The van der Waals surface area contributed by atoms with Crippen molar-refractivity contribution in [1.29, 1.82) is 0 Å². The Kier molecular flexibility index (Phi) is 4.86. The van der Waals surface area contributed by atoms with Crippen molar-refractivity contribution in [3.05, 3.63) is 11.1 Å². The van der Waals surface area contributed by atoms with Gasteiger partial charge in [0.15, 0.2) is 17.6 Å². The predicted octanol–water partition coefficient (Wildman–Crippen LogP) is -0.156. The number of aliphatic hydroxyl groups is 1. The van der Waals surface area contributed by atoms with Crippen LogP contribution in [0, 0.1) is 0 Å². The summed E-state index contributed by atoms with van der Waals surface area (Å²) in [7, 11) is 1.59. The normalized spacial score (nSPS) is 27.8. The second-order valence-electron chi connectivity index (χ2n) is 6.21. The molecule has 142 valence electrons. The fourth-order valence-corrected chi connectivity index (χ4v) is 3.39. The molecule has 10 nitrogen and oxygen atoms in total. The number of nitrogens with two attached hydrogens (primary N) is 1. The number of hydrazine groups is 1. The summed E-state index contributed by atoms with van der Waals surface area (Å²) in [5, 5.41) is 11.6. The van der Waals surface area contributed by atoms with Crippen LogP contribution in [0.15, 0.2) is 6.07 Å². The first-order valence-electron chi connectivity index (χ1n) is 8.22. The first-order valence-corrected chi connectivity index (χ1v) is 8.60. The third-order valence-corrected chi connectivity index (χ3v) is 4.72. The molecule has 2 saturated heterocycles. The number of nitrogens with zero attached hydrogens (tertiary/aromatic N) is 3. The molecule has 0 spiro atoms. The topological polar surface area (TPSA) is 128 Å². The summed E-state index contributed by atoms with van der Waals surface area (Å²) in [6, 6.07) is 1.97. The number of anilines is 1. The van der Waals surface area contributed by atoms with E-state index in [2.05, 4.69) is 15.0 Å². The van der Waals surface area contributed by atoms with Crippen molar-refractivity contribution in [2.24, 2.45) is 5.84 Å². The fraction of sp³-hybridized carbons (Fsp3) is 0.600. The Morgan fingerprint density at radius 3 is 3.00 bits per heavy atom. The predicted molar refractivity (Wildman–Crippen MR) is 92.2 cm³/mol. The zero-order chi connectivity index (χ0) is 18.3. The number of aliphatic hydroxyl groups excluding tert-OH is 1. The highest BCUT2D eigenvalue weighted by molar-refractivity contribution is 6.33. The minimum Gasteiger partial charge on any atom is -0.456 e. The number of halogens is 1. The van der Waals surface area contributed by atoms with Crippen molar-refractivity contribution in [2.75, 3.05) is 38.5 Å². The number of methoxy groups -OCH3 is 1. The molecule has 26 heavy (non-hydrogen) atoms. The van der Waals surface area contributed by atoms with Gasteiger partial charge in [-0.05, 0) is 6.07 Å². The van der Waals surface area contributed by atoms with Crippen molar-refractivity contribution < 1.29 is 24.1 Å². The molecule has 2 aliphatic rings. The Bertz CT molecular complexity index is 789. The van der Waals surface area contributed by atoms with E-state index in [0.717, 1.165) is 0 Å². The minimum atomic E-state index is -0.630. The van der Waals surface area contributed by atoms with Gasteiger partial charge in [0.1, 0.15) is 18.3 Å². The fourth-order valence-electron chi connectivity index (χ4n) is 3.13. The molecule has 0 unspecified atom stereocenters. The zero-order valence-corrected chi connectivity index (χ0v) is 14.8. The highest BCUT2D eigenvalue weighted by Crippen LogP contribution is 2.31. The molecule has 0 radical (unpaired) electrons. The lowest BCUT2D eigenvalue weighted by atomic mass is 10.1. The number of imidazole rings is 1. The molecule has 0 aliphatic carbocycles. The lowest BCUT2D eigenvalue weighted by Crippen LogP contribution is -2.35. The summed E-state index contributed by atoms with van der Waals surface area (Å²) in [6.07, 6.45) is -1.68. The summed E-state index contributed by atoms with van der Waals surface area (Å²) in [5.41, 5.74) is 1.05. The summed E-state index contributed by atoms with van der Waals surface area (Å²) < 4.78 is 21.9. The Morgan fingerprint density at radius 2 is 2.19 bits per heavy atom. The van der Waals surface area contributed by atoms with E-state index in [-0.39, 0.29) is 30.9 Å². The van der Waals surface area contributed by atoms with E-state index in [9.17, 15) is 5.11 Å². The Labute approximate surface area is 154 Å². The van der Waals surface area contributed by atoms with Gasteiger partial charge in [-0.25, -0.2) is 10.8 Å². The summed E-state index contributed by atoms with van der Waals surface area (Å²) >= 11 is 6.26. The molecule has 4 rings (SSSR count). The number of rotatable bonds is 6. The number of hydrogen-bond acceptors (Lipinski definition) is 9. The SMILES string of the molecule is COCCN(N)c1nc2nc(O[C@@H]3CO[C@H]4[C@@H]3OC[C@H]4O)[nH]c2cc1Cl. The van der Waals surface area contributed by atoms with Gasteiger partial charge in [-0.1, -0.05) is 11.6 Å². The quantitative estimate of drug-likeness (QED) is 0.459. The van der Waals surface area contributed by atoms with Gasteiger partial charge in [0.25, 0.3) is 6.01 Å². The van der Waals surface area contributed by atoms with Crippen molar-refractivity contribution in [3.8, 4) is 6.01 Å². The largest absolute Gasteiger partial charge is 0.456 e. The maximum Gasteiger partial charge on any atom is 0.296 e. The van der Waals surface area contributed by atoms with Gasteiger partial charge in [0.05, 0.1) is 36.9 Å². The number of pyridine rings is 1. The molecule has 4 N–H and O–H groups in total. The molecule has 2 aromatic rings. The number of aromatic amines is 1. The van der Waals surface area contributed by atoms with E-state index in [4.69, 9.17) is 36.4 Å². The van der Waals surface area contributed by atoms with Gasteiger partial charge < -0.3 is 29.0 Å². The molecular formula is C15H20ClN5O5. The summed E-state index contributed by atoms with van der Waals surface area (Å²) in [6.45, 7) is 1.43. The van der Waals surface area contributed by atoms with Crippen LogP contribution in [-0.2, 0) is 14.2 Å². The third-order valence-electron chi connectivity index (χ3n) is 4.44. The molecule has 0 aromatic carbocycles. The molecule has 0 saturated carbocycles. The van der Waals surface area contributed by atoms with Crippen LogP contribution < -0.4 is 15.6 Å². The molecule has 0 amide bonds. The van der Waals surface area contributed by atoms with Gasteiger partial charge in [-0.3, -0.25) is 5.01 Å². The van der Waals surface area contributed by atoms with E-state index in [0.29, 0.717) is 41.8 Å². The van der Waals surface area contributed by atoms with Crippen LogP contribution in [0.5, 0.6) is 6.01 Å². The number of nitrogens with one attached hydrogen (secondary N) is 1. The average molecular weight is 386 g/mol. The van der Waals surface area contributed by atoms with Crippen LogP contribution >= 0.6 is 11.6 Å². The van der Waals surface area contributed by atoms with E-state index in [1.54, 1.807) is 13.2 Å². The molecule has 11 heteroatoms. The van der Waals surface area contributed by atoms with Crippen LogP contribution in [0.4, 0.5) is 5.82 Å². The van der Waals surface area contributed by atoms with Crippen LogP contribution in [0.1, 0.15) is 0 Å². The average Bonchev–Trinajstić information content (AvgIpc) is 3.29. The first kappa shape index (κ1) is 17.7. The first-order chi connectivity index (χ1) is 12.6. The summed E-state index contributed by atoms with van der Waals surface area (Å²) in [4.78, 5) is 11.8. The second-order valence-corrected chi connectivity index (χ2v) is 6.62. The molecule has 0 bridgehead atoms. The maximum atomic E-state index is 9.79. The van der Waals surface area contributed by atoms with E-state index < -0.39 is 6.10 Å². The van der Waals surface area contributed by atoms with Crippen molar-refractivity contribution in [3.63, 3.8) is 0 Å². The standard InChI is InChI=1S/C15H20ClN5O5/c1-23-3-2-21(17)14-7(16)4-8-13(19-14)20-15(18-8)26-10-6-25-11-9(22)5-24-12(10)11/h4,9-12,22H,2-3,5-6,17H2,1H3,(H,18,19,20)/t9-,10-,11-,12-/m1/s1. The van der Waals surface area contributed by atoms with Gasteiger partial charge >= 0.3 is 0 Å². The molecule has 4 heterocycles. The monoisotopic (exact) mass is 385 g/mol. The highest BCUT2D eigenvalue weighted by atomic mass is 35.5. The van der Waals surface area contributed by atoms with Gasteiger partial charge in [0.2, 0.25) is 0 Å². The number of fused-ring (bicyclic) bond motifs is 2. The Balaban J connectivity index is 1.52. The van der Waals surface area contributed by atoms with Crippen LogP contribution in [0.3, 0.4) is 0 Å². The number of hydrogen-bond donors (Lipinski definition) is 3. The van der Waals surface area contributed by atoms with Crippen molar-refractivity contribution in [2.45, 2.75) is 24.4 Å². The number of H-pyrrole nitrogens is 1. The zero-order valence-electron chi connectivity index (χ0n) is 14.1. The van der Waals surface area contributed by atoms with Gasteiger partial charge in [-0.2, -0.15) is 4.98 Å². The number of ether oxygens (including phenoxy) is 4. The Morgan fingerprint density at radius 1 is 1.38 bits per heavy atom.